The summed E-state index contributed by atoms with van der Waals surface area (Å²) in [7, 11) is 1.60. The van der Waals surface area contributed by atoms with Crippen molar-refractivity contribution in [2.75, 3.05) is 25.5 Å². The van der Waals surface area contributed by atoms with E-state index in [-0.39, 0.29) is 17.7 Å². The number of carbonyl (C=O) groups is 2. The number of hydrogen-bond acceptors (Lipinski definition) is 3. The van der Waals surface area contributed by atoms with Crippen LogP contribution in [0, 0.1) is 11.8 Å². The van der Waals surface area contributed by atoms with Gasteiger partial charge in [-0.25, -0.2) is 0 Å². The molecule has 142 valence electrons. The Balaban J connectivity index is 1.46. The maximum Gasteiger partial charge on any atom is 0.227 e. The number of para-hydroxylation sites is 2. The summed E-state index contributed by atoms with van der Waals surface area (Å²) in [6.07, 6.45) is 8.41. The third-order valence-electron chi connectivity index (χ3n) is 5.77. The number of nitrogens with zero attached hydrogens (tertiary/aromatic N) is 1. The lowest BCUT2D eigenvalue weighted by molar-refractivity contribution is -0.135. The van der Waals surface area contributed by atoms with Crippen LogP contribution in [0.5, 0.6) is 5.75 Å². The minimum Gasteiger partial charge on any atom is -0.495 e. The number of methoxy groups -OCH3 is 1. The van der Waals surface area contributed by atoms with Gasteiger partial charge in [0.25, 0.3) is 0 Å². The van der Waals surface area contributed by atoms with Gasteiger partial charge >= 0.3 is 0 Å². The van der Waals surface area contributed by atoms with E-state index in [1.54, 1.807) is 7.11 Å². The number of benzene rings is 1. The number of nitrogens with one attached hydrogen (secondary N) is 1. The third-order valence-corrected chi connectivity index (χ3v) is 5.77. The van der Waals surface area contributed by atoms with E-state index in [0.29, 0.717) is 36.9 Å². The fourth-order valence-corrected chi connectivity index (χ4v) is 4.14. The van der Waals surface area contributed by atoms with Crippen LogP contribution in [-0.2, 0) is 9.59 Å². The van der Waals surface area contributed by atoms with E-state index in [2.05, 4.69) is 5.32 Å². The summed E-state index contributed by atoms with van der Waals surface area (Å²) in [5, 5.41) is 2.97. The molecule has 1 saturated heterocycles. The van der Waals surface area contributed by atoms with Gasteiger partial charge in [-0.2, -0.15) is 0 Å². The van der Waals surface area contributed by atoms with E-state index in [4.69, 9.17) is 4.74 Å². The number of hydrogen-bond donors (Lipinski definition) is 1. The standard InChI is InChI=1S/C21H30N2O3/c1-26-19-10-6-5-9-18(19)22-21(25)17-11-13-23(14-12-17)20(24)15-16-7-3-2-4-8-16/h5-6,9-10,16-17H,2-4,7-8,11-15H2,1H3,(H,22,25). The fourth-order valence-electron chi connectivity index (χ4n) is 4.14. The maximum atomic E-state index is 12.6. The molecule has 1 aliphatic carbocycles. The van der Waals surface area contributed by atoms with Crippen LogP contribution >= 0.6 is 0 Å². The zero-order chi connectivity index (χ0) is 18.4. The van der Waals surface area contributed by atoms with Crippen molar-refractivity contribution in [2.45, 2.75) is 51.4 Å². The van der Waals surface area contributed by atoms with Crippen molar-refractivity contribution >= 4 is 17.5 Å². The van der Waals surface area contributed by atoms with Gasteiger partial charge < -0.3 is 15.0 Å². The lowest BCUT2D eigenvalue weighted by Gasteiger charge is -2.33. The van der Waals surface area contributed by atoms with Crippen LogP contribution in [0.3, 0.4) is 0 Å². The molecule has 1 aromatic carbocycles. The Morgan fingerprint density at radius 1 is 1.08 bits per heavy atom. The molecule has 5 nitrogen and oxygen atoms in total. The predicted molar refractivity (Wildman–Crippen MR) is 102 cm³/mol. The van der Waals surface area contributed by atoms with Gasteiger partial charge in [0.2, 0.25) is 11.8 Å². The van der Waals surface area contributed by atoms with Crippen molar-refractivity contribution in [1.29, 1.82) is 0 Å². The van der Waals surface area contributed by atoms with Gasteiger partial charge in [0.1, 0.15) is 5.75 Å². The zero-order valence-corrected chi connectivity index (χ0v) is 15.7. The van der Waals surface area contributed by atoms with Crippen LogP contribution in [0.25, 0.3) is 0 Å². The van der Waals surface area contributed by atoms with E-state index < -0.39 is 0 Å². The minimum atomic E-state index is -0.0429. The maximum absolute atomic E-state index is 12.6. The second-order valence-electron chi connectivity index (χ2n) is 7.55. The predicted octanol–water partition coefficient (Wildman–Crippen LogP) is 3.84. The molecule has 1 aromatic rings. The Morgan fingerprint density at radius 2 is 1.77 bits per heavy atom. The van der Waals surface area contributed by atoms with Crippen molar-refractivity contribution in [3.8, 4) is 5.75 Å². The van der Waals surface area contributed by atoms with Gasteiger partial charge in [-0.3, -0.25) is 9.59 Å². The van der Waals surface area contributed by atoms with Crippen molar-refractivity contribution in [3.05, 3.63) is 24.3 Å². The first kappa shape index (κ1) is 18.7. The molecule has 1 saturated carbocycles. The van der Waals surface area contributed by atoms with Gasteiger partial charge in [-0.1, -0.05) is 31.4 Å². The Labute approximate surface area is 156 Å². The van der Waals surface area contributed by atoms with Crippen LogP contribution in [0.2, 0.25) is 0 Å². The Kier molecular flexibility index (Phi) is 6.53. The van der Waals surface area contributed by atoms with Crippen molar-refractivity contribution < 1.29 is 14.3 Å². The number of rotatable bonds is 5. The van der Waals surface area contributed by atoms with Gasteiger partial charge in [-0.15, -0.1) is 0 Å². The van der Waals surface area contributed by atoms with Crippen LogP contribution in [0.1, 0.15) is 51.4 Å². The number of anilines is 1. The average Bonchev–Trinajstić information content (AvgIpc) is 2.69. The van der Waals surface area contributed by atoms with E-state index in [1.165, 1.54) is 32.1 Å². The number of piperidine rings is 1. The number of ether oxygens (including phenoxy) is 1. The molecule has 0 radical (unpaired) electrons. The Hall–Kier alpha value is -2.04. The molecule has 2 amide bonds. The van der Waals surface area contributed by atoms with Gasteiger partial charge in [0.15, 0.2) is 0 Å². The fraction of sp³-hybridized carbons (Fsp3) is 0.619. The zero-order valence-electron chi connectivity index (χ0n) is 15.7. The monoisotopic (exact) mass is 358 g/mol. The summed E-state index contributed by atoms with van der Waals surface area (Å²) in [5.74, 6) is 1.50. The molecule has 26 heavy (non-hydrogen) atoms. The molecule has 1 N–H and O–H groups in total. The van der Waals surface area contributed by atoms with E-state index in [9.17, 15) is 9.59 Å². The largest absolute Gasteiger partial charge is 0.495 e. The summed E-state index contributed by atoms with van der Waals surface area (Å²) in [5.41, 5.74) is 0.704. The van der Waals surface area contributed by atoms with E-state index >= 15 is 0 Å². The molecule has 2 fully saturated rings. The molecule has 0 spiro atoms. The number of amides is 2. The Bertz CT molecular complexity index is 617. The normalized spacial score (nSPS) is 19.2. The first-order chi connectivity index (χ1) is 12.7. The van der Waals surface area contributed by atoms with Crippen LogP contribution in [0.15, 0.2) is 24.3 Å². The minimum absolute atomic E-state index is 0.0221. The highest BCUT2D eigenvalue weighted by Crippen LogP contribution is 2.29. The van der Waals surface area contributed by atoms with Crippen molar-refractivity contribution in [3.63, 3.8) is 0 Å². The quantitative estimate of drug-likeness (QED) is 0.870. The Morgan fingerprint density at radius 3 is 2.46 bits per heavy atom. The van der Waals surface area contributed by atoms with E-state index in [0.717, 1.165) is 12.8 Å². The second-order valence-corrected chi connectivity index (χ2v) is 7.55. The highest BCUT2D eigenvalue weighted by atomic mass is 16.5. The smallest absolute Gasteiger partial charge is 0.227 e. The van der Waals surface area contributed by atoms with Crippen LogP contribution < -0.4 is 10.1 Å². The second kappa shape index (κ2) is 9.06. The summed E-state index contributed by atoms with van der Waals surface area (Å²) >= 11 is 0. The van der Waals surface area contributed by atoms with Crippen molar-refractivity contribution in [2.24, 2.45) is 11.8 Å². The molecule has 0 bridgehead atoms. The van der Waals surface area contributed by atoms with Crippen LogP contribution in [-0.4, -0.2) is 36.9 Å². The van der Waals surface area contributed by atoms with Gasteiger partial charge in [-0.05, 0) is 43.7 Å². The number of likely N-dealkylation sites (tertiary alicyclic amines) is 1. The SMILES string of the molecule is COc1ccccc1NC(=O)C1CCN(C(=O)CC2CCCCC2)CC1. The third kappa shape index (κ3) is 4.77. The lowest BCUT2D eigenvalue weighted by atomic mass is 9.86. The summed E-state index contributed by atoms with van der Waals surface area (Å²) in [4.78, 5) is 27.0. The highest BCUT2D eigenvalue weighted by Gasteiger charge is 2.29. The van der Waals surface area contributed by atoms with Gasteiger partial charge in [0.05, 0.1) is 12.8 Å². The molecule has 1 heterocycles. The summed E-state index contributed by atoms with van der Waals surface area (Å²) in [6, 6.07) is 7.44. The molecule has 5 heteroatoms. The molecule has 0 aromatic heterocycles. The molecule has 1 aliphatic heterocycles. The average molecular weight is 358 g/mol. The lowest BCUT2D eigenvalue weighted by Crippen LogP contribution is -2.42. The molecule has 0 unspecified atom stereocenters. The van der Waals surface area contributed by atoms with E-state index in [1.807, 2.05) is 29.2 Å². The molecular formula is C21H30N2O3. The first-order valence-electron chi connectivity index (χ1n) is 9.89. The summed E-state index contributed by atoms with van der Waals surface area (Å²) < 4.78 is 5.29. The summed E-state index contributed by atoms with van der Waals surface area (Å²) in [6.45, 7) is 1.38. The van der Waals surface area contributed by atoms with Crippen LogP contribution in [0.4, 0.5) is 5.69 Å². The number of carbonyl (C=O) groups excluding carboxylic acids is 2. The molecule has 3 rings (SSSR count). The van der Waals surface area contributed by atoms with Crippen molar-refractivity contribution in [1.82, 2.24) is 4.90 Å². The highest BCUT2D eigenvalue weighted by molar-refractivity contribution is 5.94. The topological polar surface area (TPSA) is 58.6 Å². The molecule has 0 atom stereocenters. The first-order valence-corrected chi connectivity index (χ1v) is 9.89. The molecule has 2 aliphatic rings. The molecular weight excluding hydrogens is 328 g/mol. The van der Waals surface area contributed by atoms with Gasteiger partial charge in [0, 0.05) is 25.4 Å².